The van der Waals surface area contributed by atoms with Crippen LogP contribution in [0.3, 0.4) is 0 Å². The van der Waals surface area contributed by atoms with Gasteiger partial charge in [0.1, 0.15) is 0 Å². The smallest absolute Gasteiger partial charge is 0.341 e. The Balaban J connectivity index is 1.56. The summed E-state index contributed by atoms with van der Waals surface area (Å²) >= 11 is 0. The van der Waals surface area contributed by atoms with Crippen LogP contribution in [0.5, 0.6) is 0 Å². The first kappa shape index (κ1) is 20.9. The molecular formula is C22H22F3N3O. The summed E-state index contributed by atoms with van der Waals surface area (Å²) in [6.45, 7) is 3.43. The first-order chi connectivity index (χ1) is 13.8. The molecule has 29 heavy (non-hydrogen) atoms. The third-order valence-electron chi connectivity index (χ3n) is 5.04. The van der Waals surface area contributed by atoms with Gasteiger partial charge in [-0.3, -0.25) is 9.69 Å². The molecule has 4 nitrogen and oxygen atoms in total. The molecule has 1 saturated heterocycles. The maximum Gasteiger partial charge on any atom is 0.416 e. The van der Waals surface area contributed by atoms with Crippen molar-refractivity contribution in [3.05, 3.63) is 70.8 Å². The molecule has 2 aromatic carbocycles. The van der Waals surface area contributed by atoms with Crippen LogP contribution < -0.4 is 0 Å². The first-order valence-corrected chi connectivity index (χ1v) is 9.50. The lowest BCUT2D eigenvalue weighted by Gasteiger charge is -2.22. The van der Waals surface area contributed by atoms with Gasteiger partial charge < -0.3 is 4.90 Å². The molecule has 3 rings (SSSR count). The van der Waals surface area contributed by atoms with Crippen LogP contribution in [0.25, 0.3) is 0 Å². The van der Waals surface area contributed by atoms with Crippen LogP contribution in [0, 0.1) is 11.3 Å². The van der Waals surface area contributed by atoms with Gasteiger partial charge in [-0.1, -0.05) is 30.3 Å². The third-order valence-corrected chi connectivity index (χ3v) is 5.04. The van der Waals surface area contributed by atoms with E-state index in [2.05, 4.69) is 11.0 Å². The van der Waals surface area contributed by atoms with Gasteiger partial charge in [-0.2, -0.15) is 18.4 Å². The molecule has 7 heteroatoms. The number of nitrogens with zero attached hydrogens (tertiary/aromatic N) is 3. The zero-order chi connectivity index (χ0) is 20.9. The maximum atomic E-state index is 12.9. The van der Waals surface area contributed by atoms with Gasteiger partial charge >= 0.3 is 6.18 Å². The van der Waals surface area contributed by atoms with E-state index in [1.807, 2.05) is 12.1 Å². The number of benzene rings is 2. The van der Waals surface area contributed by atoms with Crippen molar-refractivity contribution in [2.75, 3.05) is 26.2 Å². The van der Waals surface area contributed by atoms with Crippen LogP contribution >= 0.6 is 0 Å². The second-order valence-electron chi connectivity index (χ2n) is 7.19. The summed E-state index contributed by atoms with van der Waals surface area (Å²) in [4.78, 5) is 16.6. The predicted molar refractivity (Wildman–Crippen MR) is 103 cm³/mol. The fraction of sp³-hybridized carbons (Fsp3) is 0.364. The van der Waals surface area contributed by atoms with E-state index in [9.17, 15) is 18.0 Å². The Bertz CT molecular complexity index is 887. The highest BCUT2D eigenvalue weighted by Gasteiger charge is 2.30. The van der Waals surface area contributed by atoms with Crippen molar-refractivity contribution in [1.29, 1.82) is 5.26 Å². The van der Waals surface area contributed by atoms with Crippen molar-refractivity contribution >= 4 is 5.91 Å². The maximum absolute atomic E-state index is 12.9. The SMILES string of the molecule is N#Cc1ccc(CN2CCCN(C(=O)Cc3cccc(C(F)(F)F)c3)CC2)cc1. The zero-order valence-electron chi connectivity index (χ0n) is 16.0. The fourth-order valence-electron chi connectivity index (χ4n) is 3.47. The van der Waals surface area contributed by atoms with Crippen LogP contribution in [0.2, 0.25) is 0 Å². The van der Waals surface area contributed by atoms with Crippen LogP contribution in [0.4, 0.5) is 13.2 Å². The van der Waals surface area contributed by atoms with Crippen LogP contribution in [0.1, 0.15) is 28.7 Å². The van der Waals surface area contributed by atoms with Gasteiger partial charge in [-0.25, -0.2) is 0 Å². The van der Waals surface area contributed by atoms with Crippen molar-refractivity contribution in [2.24, 2.45) is 0 Å². The van der Waals surface area contributed by atoms with Gasteiger partial charge in [-0.15, -0.1) is 0 Å². The molecule has 0 spiro atoms. The summed E-state index contributed by atoms with van der Waals surface area (Å²) in [7, 11) is 0. The topological polar surface area (TPSA) is 47.3 Å². The second kappa shape index (κ2) is 9.10. The lowest BCUT2D eigenvalue weighted by molar-refractivity contribution is -0.138. The van der Waals surface area contributed by atoms with Crippen molar-refractivity contribution < 1.29 is 18.0 Å². The lowest BCUT2D eigenvalue weighted by Crippen LogP contribution is -2.36. The van der Waals surface area contributed by atoms with Gasteiger partial charge in [0.15, 0.2) is 0 Å². The van der Waals surface area contributed by atoms with E-state index in [0.29, 0.717) is 30.8 Å². The Hall–Kier alpha value is -2.85. The fourth-order valence-corrected chi connectivity index (χ4v) is 3.47. The summed E-state index contributed by atoms with van der Waals surface area (Å²) in [6.07, 6.45) is -3.63. The predicted octanol–water partition coefficient (Wildman–Crippen LogP) is 3.85. The molecule has 1 aliphatic heterocycles. The minimum atomic E-state index is -4.41. The minimum Gasteiger partial charge on any atom is -0.341 e. The van der Waals surface area contributed by atoms with Gasteiger partial charge in [-0.05, 0) is 35.7 Å². The molecule has 1 fully saturated rings. The van der Waals surface area contributed by atoms with Gasteiger partial charge in [0.05, 0.1) is 23.6 Å². The molecule has 1 amide bonds. The van der Waals surface area contributed by atoms with Crippen LogP contribution in [-0.2, 0) is 23.9 Å². The van der Waals surface area contributed by atoms with Gasteiger partial charge in [0.2, 0.25) is 5.91 Å². The molecule has 0 atom stereocenters. The van der Waals surface area contributed by atoms with Crippen molar-refractivity contribution in [1.82, 2.24) is 9.80 Å². The number of hydrogen-bond donors (Lipinski definition) is 0. The first-order valence-electron chi connectivity index (χ1n) is 9.50. The highest BCUT2D eigenvalue weighted by Crippen LogP contribution is 2.29. The standard InChI is InChI=1S/C22H22F3N3O/c23-22(24,25)20-4-1-3-19(13-20)14-21(29)28-10-2-9-27(11-12-28)16-18-7-5-17(15-26)6-8-18/h1,3-8,13H,2,9-12,14,16H2. The number of hydrogen-bond acceptors (Lipinski definition) is 3. The van der Waals surface area contributed by atoms with E-state index in [1.165, 1.54) is 6.07 Å². The largest absolute Gasteiger partial charge is 0.416 e. The monoisotopic (exact) mass is 401 g/mol. The number of amides is 1. The molecule has 0 unspecified atom stereocenters. The molecule has 0 saturated carbocycles. The Morgan fingerprint density at radius 2 is 1.76 bits per heavy atom. The van der Waals surface area contributed by atoms with Crippen LogP contribution in [0.15, 0.2) is 48.5 Å². The lowest BCUT2D eigenvalue weighted by atomic mass is 10.1. The molecule has 0 N–H and O–H groups in total. The van der Waals surface area contributed by atoms with Gasteiger partial charge in [0, 0.05) is 32.7 Å². The Labute approximate surface area is 168 Å². The van der Waals surface area contributed by atoms with Crippen molar-refractivity contribution in [3.63, 3.8) is 0 Å². The molecule has 0 radical (unpaired) electrons. The van der Waals surface area contributed by atoms with E-state index in [4.69, 9.17) is 5.26 Å². The van der Waals surface area contributed by atoms with E-state index < -0.39 is 11.7 Å². The Morgan fingerprint density at radius 1 is 1.00 bits per heavy atom. The molecule has 1 aliphatic rings. The summed E-state index contributed by atoms with van der Waals surface area (Å²) in [5.74, 6) is -0.149. The normalized spacial score (nSPS) is 15.6. The summed E-state index contributed by atoms with van der Waals surface area (Å²) in [6, 6.07) is 14.5. The molecule has 0 aromatic heterocycles. The molecule has 0 bridgehead atoms. The van der Waals surface area contributed by atoms with Crippen molar-refractivity contribution in [2.45, 2.75) is 25.6 Å². The van der Waals surface area contributed by atoms with Gasteiger partial charge in [0.25, 0.3) is 0 Å². The zero-order valence-corrected chi connectivity index (χ0v) is 16.0. The van der Waals surface area contributed by atoms with E-state index in [-0.39, 0.29) is 12.3 Å². The number of halogens is 3. The average Bonchev–Trinajstić information content (AvgIpc) is 2.94. The minimum absolute atomic E-state index is 0.0282. The number of nitriles is 1. The number of alkyl halides is 3. The Kier molecular flexibility index (Phi) is 6.55. The number of carbonyl (C=O) groups is 1. The van der Waals surface area contributed by atoms with E-state index in [1.54, 1.807) is 23.1 Å². The highest BCUT2D eigenvalue weighted by atomic mass is 19.4. The molecule has 0 aliphatic carbocycles. The number of carbonyl (C=O) groups excluding carboxylic acids is 1. The second-order valence-corrected chi connectivity index (χ2v) is 7.19. The molecule has 1 heterocycles. The number of rotatable bonds is 4. The molecular weight excluding hydrogens is 379 g/mol. The highest BCUT2D eigenvalue weighted by molar-refractivity contribution is 5.78. The molecule has 2 aromatic rings. The van der Waals surface area contributed by atoms with Crippen molar-refractivity contribution in [3.8, 4) is 6.07 Å². The van der Waals surface area contributed by atoms with E-state index in [0.717, 1.165) is 37.2 Å². The van der Waals surface area contributed by atoms with E-state index >= 15 is 0 Å². The summed E-state index contributed by atoms with van der Waals surface area (Å²) in [5.41, 5.74) is 1.37. The molecule has 152 valence electrons. The summed E-state index contributed by atoms with van der Waals surface area (Å²) in [5, 5.41) is 8.88. The average molecular weight is 401 g/mol. The quantitative estimate of drug-likeness (QED) is 0.782. The Morgan fingerprint density at radius 3 is 2.45 bits per heavy atom. The van der Waals surface area contributed by atoms with Crippen LogP contribution in [-0.4, -0.2) is 41.9 Å². The summed E-state index contributed by atoms with van der Waals surface area (Å²) < 4.78 is 38.6. The third kappa shape index (κ3) is 5.81.